The molecule has 0 heterocycles. The summed E-state index contributed by atoms with van der Waals surface area (Å²) >= 11 is 0. The highest BCUT2D eigenvalue weighted by atomic mass is 16.5. The summed E-state index contributed by atoms with van der Waals surface area (Å²) in [5, 5.41) is 7.84. The summed E-state index contributed by atoms with van der Waals surface area (Å²) in [5.74, 6) is -0.983. The smallest absolute Gasteiger partial charge is 0.310 e. The Labute approximate surface area is 135 Å². The van der Waals surface area contributed by atoms with Gasteiger partial charge < -0.3 is 9.84 Å². The summed E-state index contributed by atoms with van der Waals surface area (Å²) < 4.78 is 4.64. The van der Waals surface area contributed by atoms with Crippen molar-refractivity contribution in [2.75, 3.05) is 0 Å². The minimum atomic E-state index is -0.829. The van der Waals surface area contributed by atoms with Crippen LogP contribution in [0, 0.1) is 0 Å². The molecule has 0 bridgehead atoms. The van der Waals surface area contributed by atoms with Crippen molar-refractivity contribution in [1.82, 2.24) is 0 Å². The van der Waals surface area contributed by atoms with Crippen LogP contribution < -0.4 is 0 Å². The Morgan fingerprint density at radius 2 is 1.45 bits per heavy atom. The molecule has 1 N–H and O–H groups in total. The highest BCUT2D eigenvalue weighted by Gasteiger charge is 1.99. The molecular weight excluding hydrogens is 280 g/mol. The number of ether oxygens (including phenoxy) is 1. The highest BCUT2D eigenvalue weighted by Crippen LogP contribution is 2.10. The number of carbonyl (C=O) groups excluding carboxylic acids is 1. The van der Waals surface area contributed by atoms with Gasteiger partial charge in [-0.05, 0) is 6.42 Å². The predicted octanol–water partition coefficient (Wildman–Crippen LogP) is 5.24. The van der Waals surface area contributed by atoms with Crippen molar-refractivity contribution in [2.24, 2.45) is 0 Å². The van der Waals surface area contributed by atoms with Gasteiger partial charge >= 0.3 is 11.9 Å². The first-order valence-corrected chi connectivity index (χ1v) is 8.21. The zero-order valence-electron chi connectivity index (χ0n) is 14.0. The minimum absolute atomic E-state index is 0.0556. The van der Waals surface area contributed by atoms with E-state index in [-0.39, 0.29) is 12.4 Å². The van der Waals surface area contributed by atoms with Gasteiger partial charge in [0.15, 0.2) is 0 Å². The van der Waals surface area contributed by atoms with Crippen LogP contribution >= 0.6 is 0 Å². The Balaban J connectivity index is 0. The molecule has 0 radical (unpaired) electrons. The summed E-state index contributed by atoms with van der Waals surface area (Å²) in [6.45, 7) is 8.81. The molecule has 0 aliphatic carbocycles. The number of hydrogen-bond donors (Lipinski definition) is 1. The monoisotopic (exact) mass is 312 g/mol. The maximum atomic E-state index is 11.0. The average Bonchev–Trinajstić information content (AvgIpc) is 2.46. The topological polar surface area (TPSA) is 63.6 Å². The van der Waals surface area contributed by atoms with Crippen LogP contribution in [0.1, 0.15) is 77.6 Å². The van der Waals surface area contributed by atoms with Gasteiger partial charge in [-0.15, -0.1) is 6.58 Å². The van der Waals surface area contributed by atoms with E-state index < -0.39 is 5.97 Å². The van der Waals surface area contributed by atoms with Gasteiger partial charge in [0.1, 0.15) is 0 Å². The van der Waals surface area contributed by atoms with E-state index in [0.29, 0.717) is 6.42 Å². The lowest BCUT2D eigenvalue weighted by molar-refractivity contribution is -0.138. The van der Waals surface area contributed by atoms with Crippen molar-refractivity contribution in [3.63, 3.8) is 0 Å². The van der Waals surface area contributed by atoms with Gasteiger partial charge in [-0.25, -0.2) is 0 Å². The Morgan fingerprint density at radius 1 is 0.955 bits per heavy atom. The van der Waals surface area contributed by atoms with Gasteiger partial charge in [0, 0.05) is 6.42 Å². The van der Waals surface area contributed by atoms with Crippen molar-refractivity contribution in [3.05, 3.63) is 25.5 Å². The molecule has 0 aromatic carbocycles. The SMILES string of the molecule is C=CCC(=O)O.C=COC(=O)CCCCCCCCCCC. The lowest BCUT2D eigenvalue weighted by Gasteiger charge is -2.01. The molecule has 0 fully saturated rings. The highest BCUT2D eigenvalue weighted by molar-refractivity contribution is 5.69. The van der Waals surface area contributed by atoms with Gasteiger partial charge in [-0.1, -0.05) is 70.9 Å². The quantitative estimate of drug-likeness (QED) is 0.218. The predicted molar refractivity (Wildman–Crippen MR) is 90.6 cm³/mol. The minimum Gasteiger partial charge on any atom is -0.481 e. The van der Waals surface area contributed by atoms with E-state index in [1.54, 1.807) is 0 Å². The summed E-state index contributed by atoms with van der Waals surface area (Å²) in [7, 11) is 0. The second-order valence-corrected chi connectivity index (χ2v) is 5.12. The summed E-state index contributed by atoms with van der Waals surface area (Å²) in [4.78, 5) is 20.5. The summed E-state index contributed by atoms with van der Waals surface area (Å²) in [6, 6.07) is 0. The van der Waals surface area contributed by atoms with Crippen LogP contribution in [0.5, 0.6) is 0 Å². The molecule has 0 aliphatic rings. The van der Waals surface area contributed by atoms with Crippen LogP contribution in [-0.4, -0.2) is 17.0 Å². The maximum Gasteiger partial charge on any atom is 0.310 e. The van der Waals surface area contributed by atoms with Crippen molar-refractivity contribution in [2.45, 2.75) is 77.6 Å². The molecule has 4 heteroatoms. The van der Waals surface area contributed by atoms with Gasteiger partial charge in [0.25, 0.3) is 0 Å². The van der Waals surface area contributed by atoms with Crippen molar-refractivity contribution in [1.29, 1.82) is 0 Å². The number of aliphatic carboxylic acids is 1. The van der Waals surface area contributed by atoms with E-state index in [1.165, 1.54) is 57.3 Å². The molecule has 0 amide bonds. The van der Waals surface area contributed by atoms with E-state index >= 15 is 0 Å². The van der Waals surface area contributed by atoms with E-state index in [4.69, 9.17) is 5.11 Å². The van der Waals surface area contributed by atoms with Crippen LogP contribution in [0.3, 0.4) is 0 Å². The normalized spacial score (nSPS) is 9.32. The third kappa shape index (κ3) is 23.5. The van der Waals surface area contributed by atoms with Crippen LogP contribution in [0.25, 0.3) is 0 Å². The fourth-order valence-corrected chi connectivity index (χ4v) is 1.86. The second kappa shape index (κ2) is 19.4. The Morgan fingerprint density at radius 3 is 1.82 bits per heavy atom. The standard InChI is InChI=1S/C14H26O2.C4H6O2/c1-3-5-6-7-8-9-10-11-12-13-14(15)16-4-2;1-2-3-4(5)6/h4H,2-3,5-13H2,1H3;2H,1,3H2,(H,5,6). The number of carboxylic acid groups (broad SMARTS) is 1. The van der Waals surface area contributed by atoms with Crippen molar-refractivity contribution < 1.29 is 19.4 Å². The summed E-state index contributed by atoms with van der Waals surface area (Å²) in [5.41, 5.74) is 0. The molecule has 0 saturated heterocycles. The largest absolute Gasteiger partial charge is 0.481 e. The zero-order chi connectivity index (χ0) is 17.1. The Hall–Kier alpha value is -1.58. The molecule has 0 unspecified atom stereocenters. The third-order valence-electron chi connectivity index (χ3n) is 3.02. The number of rotatable bonds is 13. The molecular formula is C18H32O4. The molecule has 128 valence electrons. The first-order valence-electron chi connectivity index (χ1n) is 8.21. The molecule has 0 aliphatic heterocycles. The lowest BCUT2D eigenvalue weighted by atomic mass is 10.1. The van der Waals surface area contributed by atoms with Gasteiger partial charge in [-0.2, -0.15) is 0 Å². The molecule has 22 heavy (non-hydrogen) atoms. The lowest BCUT2D eigenvalue weighted by Crippen LogP contribution is -1.98. The molecule has 0 saturated carbocycles. The number of esters is 1. The molecule has 0 aromatic rings. The molecule has 0 atom stereocenters. The molecule has 4 nitrogen and oxygen atoms in total. The van der Waals surface area contributed by atoms with Crippen LogP contribution in [-0.2, 0) is 14.3 Å². The van der Waals surface area contributed by atoms with Crippen LogP contribution in [0.2, 0.25) is 0 Å². The summed E-state index contributed by atoms with van der Waals surface area (Å²) in [6.07, 6.45) is 14.5. The Kier molecular flexibility index (Phi) is 20.0. The Bertz CT molecular complexity index is 297. The number of hydrogen-bond acceptors (Lipinski definition) is 3. The van der Waals surface area contributed by atoms with E-state index in [2.05, 4.69) is 24.8 Å². The van der Waals surface area contributed by atoms with E-state index in [9.17, 15) is 9.59 Å². The van der Waals surface area contributed by atoms with Gasteiger partial charge in [-0.3, -0.25) is 9.59 Å². The fourth-order valence-electron chi connectivity index (χ4n) is 1.86. The fraction of sp³-hybridized carbons (Fsp3) is 0.667. The van der Waals surface area contributed by atoms with Gasteiger partial charge in [0.05, 0.1) is 12.7 Å². The number of unbranched alkanes of at least 4 members (excludes halogenated alkanes) is 8. The van der Waals surface area contributed by atoms with Gasteiger partial charge in [0.2, 0.25) is 0 Å². The first-order chi connectivity index (χ1) is 10.6. The van der Waals surface area contributed by atoms with Crippen LogP contribution in [0.4, 0.5) is 0 Å². The zero-order valence-corrected chi connectivity index (χ0v) is 14.0. The van der Waals surface area contributed by atoms with E-state index in [1.807, 2.05) is 0 Å². The molecule has 0 rings (SSSR count). The molecule has 0 aromatic heterocycles. The van der Waals surface area contributed by atoms with Crippen molar-refractivity contribution >= 4 is 11.9 Å². The molecule has 0 spiro atoms. The van der Waals surface area contributed by atoms with Crippen LogP contribution in [0.15, 0.2) is 25.5 Å². The van der Waals surface area contributed by atoms with Crippen molar-refractivity contribution in [3.8, 4) is 0 Å². The number of carbonyl (C=O) groups is 2. The average molecular weight is 312 g/mol. The van der Waals surface area contributed by atoms with E-state index in [0.717, 1.165) is 12.8 Å². The first kappa shape index (κ1) is 22.7. The number of carboxylic acids is 1. The second-order valence-electron chi connectivity index (χ2n) is 5.12. The maximum absolute atomic E-state index is 11.0. The third-order valence-corrected chi connectivity index (χ3v) is 3.02.